The van der Waals surface area contributed by atoms with Crippen LogP contribution in [0.5, 0.6) is 0 Å². The van der Waals surface area contributed by atoms with Crippen LogP contribution in [-0.2, 0) is 17.9 Å². The van der Waals surface area contributed by atoms with Gasteiger partial charge in [0.1, 0.15) is 12.4 Å². The molecule has 3 aromatic rings. The van der Waals surface area contributed by atoms with Gasteiger partial charge in [-0.15, -0.1) is 11.3 Å². The molecule has 0 aliphatic carbocycles. The van der Waals surface area contributed by atoms with Crippen molar-refractivity contribution in [3.05, 3.63) is 93.9 Å². The molecule has 156 valence electrons. The highest BCUT2D eigenvalue weighted by atomic mass is 32.1. The van der Waals surface area contributed by atoms with Gasteiger partial charge in [0.15, 0.2) is 0 Å². The summed E-state index contributed by atoms with van der Waals surface area (Å²) in [6, 6.07) is 19.2. The molecule has 0 radical (unpaired) electrons. The van der Waals surface area contributed by atoms with Crippen molar-refractivity contribution in [1.82, 2.24) is 9.80 Å². The van der Waals surface area contributed by atoms with E-state index in [2.05, 4.69) is 0 Å². The summed E-state index contributed by atoms with van der Waals surface area (Å²) < 4.78 is 13.2. The summed E-state index contributed by atoms with van der Waals surface area (Å²) >= 11 is 1.60. The average Bonchev–Trinajstić information content (AvgIpc) is 3.27. The molecule has 30 heavy (non-hydrogen) atoms. The molecule has 0 fully saturated rings. The SMILES string of the molecule is CCCN(CC(=O)N(Cc1ccccc1)Cc1cccs1)C(=O)c1ccc(F)cc1. The van der Waals surface area contributed by atoms with Crippen molar-refractivity contribution >= 4 is 23.2 Å². The van der Waals surface area contributed by atoms with Crippen LogP contribution in [0.15, 0.2) is 72.1 Å². The predicted molar refractivity (Wildman–Crippen MR) is 118 cm³/mol. The molecule has 3 rings (SSSR count). The van der Waals surface area contributed by atoms with Gasteiger partial charge in [-0.1, -0.05) is 43.3 Å². The molecule has 0 unspecified atom stereocenters. The maximum Gasteiger partial charge on any atom is 0.254 e. The van der Waals surface area contributed by atoms with Gasteiger partial charge in [0.25, 0.3) is 5.91 Å². The molecule has 1 heterocycles. The molecule has 4 nitrogen and oxygen atoms in total. The van der Waals surface area contributed by atoms with Gasteiger partial charge in [0, 0.05) is 23.5 Å². The van der Waals surface area contributed by atoms with Crippen LogP contribution >= 0.6 is 11.3 Å². The lowest BCUT2D eigenvalue weighted by Crippen LogP contribution is -2.42. The number of benzene rings is 2. The van der Waals surface area contributed by atoms with Crippen molar-refractivity contribution in [2.24, 2.45) is 0 Å². The fourth-order valence-corrected chi connectivity index (χ4v) is 3.91. The lowest BCUT2D eigenvalue weighted by molar-refractivity contribution is -0.133. The molecule has 0 aliphatic heterocycles. The van der Waals surface area contributed by atoms with Crippen molar-refractivity contribution in [3.63, 3.8) is 0 Å². The quantitative estimate of drug-likeness (QED) is 0.487. The molecule has 0 spiro atoms. The van der Waals surface area contributed by atoms with Gasteiger partial charge in [0.05, 0.1) is 6.54 Å². The zero-order chi connectivity index (χ0) is 21.3. The fourth-order valence-electron chi connectivity index (χ4n) is 3.19. The zero-order valence-corrected chi connectivity index (χ0v) is 17.8. The minimum absolute atomic E-state index is 0.0116. The highest BCUT2D eigenvalue weighted by Crippen LogP contribution is 2.16. The van der Waals surface area contributed by atoms with Crippen molar-refractivity contribution in [2.75, 3.05) is 13.1 Å². The summed E-state index contributed by atoms with van der Waals surface area (Å²) in [5.41, 5.74) is 1.42. The van der Waals surface area contributed by atoms with E-state index in [1.54, 1.807) is 21.1 Å². The summed E-state index contributed by atoms with van der Waals surface area (Å²) in [7, 11) is 0. The van der Waals surface area contributed by atoms with Crippen molar-refractivity contribution in [2.45, 2.75) is 26.4 Å². The van der Waals surface area contributed by atoms with Gasteiger partial charge in [-0.2, -0.15) is 0 Å². The van der Waals surface area contributed by atoms with E-state index in [0.717, 1.165) is 16.9 Å². The van der Waals surface area contributed by atoms with Crippen LogP contribution in [0.1, 0.15) is 34.1 Å². The Hall–Kier alpha value is -2.99. The van der Waals surface area contributed by atoms with Gasteiger partial charge in [-0.05, 0) is 47.7 Å². The van der Waals surface area contributed by atoms with Crippen molar-refractivity contribution in [1.29, 1.82) is 0 Å². The molecule has 0 saturated heterocycles. The first-order valence-corrected chi connectivity index (χ1v) is 10.8. The summed E-state index contributed by atoms with van der Waals surface area (Å²) in [4.78, 5) is 30.6. The van der Waals surface area contributed by atoms with E-state index in [0.29, 0.717) is 25.2 Å². The maximum absolute atomic E-state index is 13.2. The zero-order valence-electron chi connectivity index (χ0n) is 17.0. The van der Waals surface area contributed by atoms with Crippen LogP contribution in [0.25, 0.3) is 0 Å². The Balaban J connectivity index is 1.76. The standard InChI is InChI=1S/C24H25FN2O2S/c1-2-14-26(24(29)20-10-12-21(25)13-11-20)18-23(28)27(17-22-9-6-15-30-22)16-19-7-4-3-5-8-19/h3-13,15H,2,14,16-18H2,1H3. The minimum Gasteiger partial charge on any atom is -0.332 e. The minimum atomic E-state index is -0.394. The smallest absolute Gasteiger partial charge is 0.254 e. The summed E-state index contributed by atoms with van der Waals surface area (Å²) in [5, 5.41) is 1.99. The number of thiophene rings is 1. The summed E-state index contributed by atoms with van der Waals surface area (Å²) in [6.07, 6.45) is 0.726. The monoisotopic (exact) mass is 424 g/mol. The van der Waals surface area contributed by atoms with Gasteiger partial charge in [-0.25, -0.2) is 4.39 Å². The molecule has 1 aromatic heterocycles. The van der Waals surface area contributed by atoms with Gasteiger partial charge in [-0.3, -0.25) is 9.59 Å². The number of carbonyl (C=O) groups excluding carboxylic acids is 2. The Morgan fingerprint density at radius 3 is 2.27 bits per heavy atom. The number of amides is 2. The second kappa shape index (κ2) is 10.7. The van der Waals surface area contributed by atoms with Crippen LogP contribution in [0.3, 0.4) is 0 Å². The predicted octanol–water partition coefficient (Wildman–Crippen LogP) is 4.97. The number of hydrogen-bond donors (Lipinski definition) is 0. The maximum atomic E-state index is 13.2. The number of carbonyl (C=O) groups is 2. The van der Waals surface area contributed by atoms with E-state index < -0.39 is 5.82 Å². The van der Waals surface area contributed by atoms with Crippen LogP contribution in [0.4, 0.5) is 4.39 Å². The molecular weight excluding hydrogens is 399 g/mol. The lowest BCUT2D eigenvalue weighted by atomic mass is 10.1. The molecule has 0 atom stereocenters. The first kappa shape index (κ1) is 21.7. The second-order valence-corrected chi connectivity index (χ2v) is 8.08. The largest absolute Gasteiger partial charge is 0.332 e. The molecule has 2 aromatic carbocycles. The van der Waals surface area contributed by atoms with Crippen LogP contribution < -0.4 is 0 Å². The van der Waals surface area contributed by atoms with E-state index >= 15 is 0 Å². The van der Waals surface area contributed by atoms with E-state index in [1.807, 2.05) is 54.8 Å². The Labute approximate surface area is 180 Å². The first-order chi connectivity index (χ1) is 14.6. The fraction of sp³-hybridized carbons (Fsp3) is 0.250. The highest BCUT2D eigenvalue weighted by molar-refractivity contribution is 7.09. The molecule has 0 N–H and O–H groups in total. The van der Waals surface area contributed by atoms with Gasteiger partial charge >= 0.3 is 0 Å². The molecule has 0 bridgehead atoms. The number of nitrogens with zero attached hydrogens (tertiary/aromatic N) is 2. The second-order valence-electron chi connectivity index (χ2n) is 7.05. The number of rotatable bonds is 9. The third kappa shape index (κ3) is 6.00. The normalized spacial score (nSPS) is 10.6. The van der Waals surface area contributed by atoms with Crippen LogP contribution in [0.2, 0.25) is 0 Å². The average molecular weight is 425 g/mol. The molecule has 6 heteroatoms. The number of halogens is 1. The molecule has 0 aliphatic rings. The molecular formula is C24H25FN2O2S. The van der Waals surface area contributed by atoms with Gasteiger partial charge in [0.2, 0.25) is 5.91 Å². The van der Waals surface area contributed by atoms with E-state index in [9.17, 15) is 14.0 Å². The Morgan fingerprint density at radius 2 is 1.63 bits per heavy atom. The Bertz CT molecular complexity index is 943. The Morgan fingerprint density at radius 1 is 0.900 bits per heavy atom. The van der Waals surface area contributed by atoms with Crippen molar-refractivity contribution in [3.8, 4) is 0 Å². The number of hydrogen-bond acceptors (Lipinski definition) is 3. The van der Waals surface area contributed by atoms with E-state index in [4.69, 9.17) is 0 Å². The third-order valence-corrected chi connectivity index (χ3v) is 5.55. The van der Waals surface area contributed by atoms with Crippen LogP contribution in [0, 0.1) is 5.82 Å². The first-order valence-electron chi connectivity index (χ1n) is 9.95. The topological polar surface area (TPSA) is 40.6 Å². The summed E-state index contributed by atoms with van der Waals surface area (Å²) in [6.45, 7) is 3.38. The molecule has 2 amide bonds. The van der Waals surface area contributed by atoms with E-state index in [-0.39, 0.29) is 18.4 Å². The Kier molecular flexibility index (Phi) is 7.74. The van der Waals surface area contributed by atoms with Crippen molar-refractivity contribution < 1.29 is 14.0 Å². The van der Waals surface area contributed by atoms with Gasteiger partial charge < -0.3 is 9.80 Å². The molecule has 0 saturated carbocycles. The van der Waals surface area contributed by atoms with E-state index in [1.165, 1.54) is 24.3 Å². The lowest BCUT2D eigenvalue weighted by Gasteiger charge is -2.27. The van der Waals surface area contributed by atoms with Crippen LogP contribution in [-0.4, -0.2) is 34.7 Å². The third-order valence-electron chi connectivity index (χ3n) is 4.69. The summed E-state index contributed by atoms with van der Waals surface area (Å²) in [5.74, 6) is -0.771. The highest BCUT2D eigenvalue weighted by Gasteiger charge is 2.22.